The van der Waals surface area contributed by atoms with Crippen molar-refractivity contribution in [3.63, 3.8) is 0 Å². The molecule has 1 aromatic heterocycles. The van der Waals surface area contributed by atoms with Crippen molar-refractivity contribution in [1.29, 1.82) is 0 Å². The summed E-state index contributed by atoms with van der Waals surface area (Å²) in [6, 6.07) is 3.72. The standard InChI is InChI=1S/C24H25ClFN5O4S2/c1-34-23(32)19-15(9-31-17-8-16(30-37(2)33)24(17)11-35-10-18(24)31)28-21(22-27-5-6-36-22)29-20(19)13-4-3-12(26)7-14(13)25/h3-7,16-18,20,30H,8-11H2,1-2H3,(H,28,29). The van der Waals surface area contributed by atoms with Crippen molar-refractivity contribution in [3.05, 3.63) is 62.5 Å². The SMILES string of the molecule is COC(=O)C1=C(CN2C3COCC34C(NS(C)=O)CC24)NC(c2nccs2)=NC1c1ccc(F)cc1Cl. The van der Waals surface area contributed by atoms with Crippen LogP contribution in [0.4, 0.5) is 4.39 Å². The van der Waals surface area contributed by atoms with Gasteiger partial charge >= 0.3 is 5.97 Å². The molecule has 0 amide bonds. The summed E-state index contributed by atoms with van der Waals surface area (Å²) >= 11 is 7.86. The normalized spacial score (nSPS) is 31.4. The Morgan fingerprint density at radius 1 is 1.46 bits per heavy atom. The van der Waals surface area contributed by atoms with E-state index in [1.165, 1.54) is 30.6 Å². The highest BCUT2D eigenvalue weighted by Gasteiger charge is 2.73. The molecule has 37 heavy (non-hydrogen) atoms. The molecule has 6 rings (SSSR count). The van der Waals surface area contributed by atoms with Crippen molar-refractivity contribution >= 4 is 45.7 Å². The van der Waals surface area contributed by atoms with Gasteiger partial charge in [0.2, 0.25) is 0 Å². The number of carbonyl (C=O) groups excluding carboxylic acids is 1. The minimum absolute atomic E-state index is 0.0851. The Bertz CT molecular complexity index is 1340. The number of rotatable bonds is 7. The van der Waals surface area contributed by atoms with Crippen LogP contribution in [0.15, 0.2) is 46.0 Å². The second kappa shape index (κ2) is 9.51. The Morgan fingerprint density at radius 3 is 3.00 bits per heavy atom. The molecule has 6 unspecified atom stereocenters. The van der Waals surface area contributed by atoms with E-state index in [0.29, 0.717) is 47.4 Å². The molecule has 6 atom stereocenters. The lowest BCUT2D eigenvalue weighted by molar-refractivity contribution is -0.192. The van der Waals surface area contributed by atoms with E-state index in [1.807, 2.05) is 5.38 Å². The molecular weight excluding hydrogens is 541 g/mol. The summed E-state index contributed by atoms with van der Waals surface area (Å²) in [7, 11) is 0.211. The Balaban J connectivity index is 1.38. The highest BCUT2D eigenvalue weighted by Crippen LogP contribution is 2.61. The third-order valence-corrected chi connectivity index (χ3v) is 9.57. The van der Waals surface area contributed by atoms with E-state index >= 15 is 0 Å². The van der Waals surface area contributed by atoms with Gasteiger partial charge in [0, 0.05) is 64.2 Å². The van der Waals surface area contributed by atoms with Crippen molar-refractivity contribution in [3.8, 4) is 0 Å². The Kier molecular flexibility index (Phi) is 6.45. The van der Waals surface area contributed by atoms with Gasteiger partial charge in [-0.3, -0.25) is 9.89 Å². The van der Waals surface area contributed by atoms with Crippen LogP contribution in [0, 0.1) is 11.2 Å². The minimum atomic E-state index is -1.11. The number of piperidine rings is 1. The fourth-order valence-electron chi connectivity index (χ4n) is 6.20. The zero-order valence-electron chi connectivity index (χ0n) is 20.1. The van der Waals surface area contributed by atoms with E-state index in [1.54, 1.807) is 18.5 Å². The molecule has 4 heterocycles. The van der Waals surface area contributed by atoms with Gasteiger partial charge in [0.05, 0.1) is 36.9 Å². The topological polar surface area (TPSA) is 105 Å². The molecule has 4 aliphatic rings. The molecule has 3 fully saturated rings. The molecular formula is C24H25ClFN5O4S2. The van der Waals surface area contributed by atoms with Gasteiger partial charge in [0.15, 0.2) is 10.8 Å². The van der Waals surface area contributed by atoms with E-state index < -0.39 is 28.8 Å². The first-order valence-corrected chi connectivity index (χ1v) is 14.6. The zero-order valence-corrected chi connectivity index (χ0v) is 22.5. The van der Waals surface area contributed by atoms with E-state index in [-0.39, 0.29) is 28.6 Å². The van der Waals surface area contributed by atoms with E-state index in [9.17, 15) is 13.4 Å². The van der Waals surface area contributed by atoms with Gasteiger partial charge < -0.3 is 14.8 Å². The number of hydrogen-bond donors (Lipinski definition) is 2. The van der Waals surface area contributed by atoms with Crippen molar-refractivity contribution < 1.29 is 22.9 Å². The van der Waals surface area contributed by atoms with Crippen LogP contribution in [0.5, 0.6) is 0 Å². The number of nitrogens with zero attached hydrogens (tertiary/aromatic N) is 3. The van der Waals surface area contributed by atoms with Gasteiger partial charge in [0.1, 0.15) is 11.9 Å². The molecule has 2 N–H and O–H groups in total. The fraction of sp³-hybridized carbons (Fsp3) is 0.458. The largest absolute Gasteiger partial charge is 0.466 e. The monoisotopic (exact) mass is 565 g/mol. The lowest BCUT2D eigenvalue weighted by Gasteiger charge is -2.70. The second-order valence-corrected chi connectivity index (χ2v) is 12.0. The molecule has 0 bridgehead atoms. The van der Waals surface area contributed by atoms with Crippen molar-refractivity contribution in [2.45, 2.75) is 30.6 Å². The number of benzene rings is 1. The molecule has 13 heteroatoms. The lowest BCUT2D eigenvalue weighted by atomic mass is 9.50. The number of halogens is 2. The van der Waals surface area contributed by atoms with Crippen LogP contribution in [-0.2, 0) is 25.3 Å². The van der Waals surface area contributed by atoms with E-state index in [0.717, 1.165) is 6.42 Å². The maximum absolute atomic E-state index is 13.9. The molecule has 1 spiro atoms. The van der Waals surface area contributed by atoms with Gasteiger partial charge in [-0.25, -0.2) is 23.1 Å². The van der Waals surface area contributed by atoms with Crippen LogP contribution in [0.25, 0.3) is 0 Å². The van der Waals surface area contributed by atoms with Crippen LogP contribution in [-0.4, -0.2) is 77.1 Å². The Hall–Kier alpha value is -2.22. The summed E-state index contributed by atoms with van der Waals surface area (Å²) in [4.78, 5) is 24.7. The number of carbonyl (C=O) groups is 1. The van der Waals surface area contributed by atoms with Crippen LogP contribution >= 0.6 is 22.9 Å². The molecule has 1 saturated carbocycles. The van der Waals surface area contributed by atoms with E-state index in [2.05, 4.69) is 19.9 Å². The number of ether oxygens (including phenoxy) is 2. The number of nitrogens with one attached hydrogen (secondary N) is 2. The van der Waals surface area contributed by atoms with Gasteiger partial charge in [-0.2, -0.15) is 0 Å². The number of methoxy groups -OCH3 is 1. The third-order valence-electron chi connectivity index (χ3n) is 7.85. The van der Waals surface area contributed by atoms with E-state index in [4.69, 9.17) is 26.1 Å². The number of hydrogen-bond acceptors (Lipinski definition) is 9. The molecule has 1 aromatic carbocycles. The lowest BCUT2D eigenvalue weighted by Crippen LogP contribution is -2.85. The van der Waals surface area contributed by atoms with Gasteiger partial charge in [-0.05, 0) is 18.6 Å². The fourth-order valence-corrected chi connectivity index (χ4v) is 7.77. The zero-order chi connectivity index (χ0) is 25.9. The summed E-state index contributed by atoms with van der Waals surface area (Å²) in [5.74, 6) is -0.513. The third kappa shape index (κ3) is 3.96. The molecule has 0 radical (unpaired) electrons. The highest BCUT2D eigenvalue weighted by molar-refractivity contribution is 7.82. The Labute approximate surface area is 224 Å². The molecule has 9 nitrogen and oxygen atoms in total. The van der Waals surface area contributed by atoms with Crippen LogP contribution in [0.1, 0.15) is 23.0 Å². The number of thiazole rings is 1. The maximum Gasteiger partial charge on any atom is 0.338 e. The molecule has 3 aliphatic heterocycles. The summed E-state index contributed by atoms with van der Waals surface area (Å²) < 4.78 is 40.0. The second-order valence-electron chi connectivity index (χ2n) is 9.58. The predicted octanol–water partition coefficient (Wildman–Crippen LogP) is 2.18. The predicted molar refractivity (Wildman–Crippen MR) is 138 cm³/mol. The van der Waals surface area contributed by atoms with Gasteiger partial charge in [0.25, 0.3) is 0 Å². The summed E-state index contributed by atoms with van der Waals surface area (Å²) in [6.45, 7) is 1.60. The summed E-state index contributed by atoms with van der Waals surface area (Å²) in [5.41, 5.74) is 1.36. The maximum atomic E-state index is 13.9. The summed E-state index contributed by atoms with van der Waals surface area (Å²) in [5, 5.41) is 6.02. The number of esters is 1. The minimum Gasteiger partial charge on any atom is -0.466 e. The van der Waals surface area contributed by atoms with Crippen molar-refractivity contribution in [2.75, 3.05) is 33.1 Å². The Morgan fingerprint density at radius 2 is 2.30 bits per heavy atom. The first-order valence-electron chi connectivity index (χ1n) is 11.8. The smallest absolute Gasteiger partial charge is 0.338 e. The van der Waals surface area contributed by atoms with Crippen LogP contribution in [0.3, 0.4) is 0 Å². The average molecular weight is 566 g/mol. The average Bonchev–Trinajstić information content (AvgIpc) is 3.55. The van der Waals surface area contributed by atoms with Gasteiger partial charge in [-0.15, -0.1) is 11.3 Å². The molecule has 2 aromatic rings. The first-order chi connectivity index (χ1) is 17.8. The number of aromatic nitrogens is 1. The summed E-state index contributed by atoms with van der Waals surface area (Å²) in [6.07, 6.45) is 4.16. The highest BCUT2D eigenvalue weighted by atomic mass is 35.5. The molecule has 196 valence electrons. The molecule has 2 saturated heterocycles. The van der Waals surface area contributed by atoms with Crippen LogP contribution < -0.4 is 10.0 Å². The van der Waals surface area contributed by atoms with Crippen LogP contribution in [0.2, 0.25) is 5.02 Å². The van der Waals surface area contributed by atoms with Gasteiger partial charge in [-0.1, -0.05) is 17.7 Å². The van der Waals surface area contributed by atoms with Crippen molar-refractivity contribution in [1.82, 2.24) is 19.9 Å². The quantitative estimate of drug-likeness (QED) is 0.496. The molecule has 1 aliphatic carbocycles. The number of likely N-dealkylation sites (tertiary alicyclic amines) is 1. The first kappa shape index (κ1) is 25.1. The number of amidine groups is 1. The number of aliphatic imine (C=N–C) groups is 1. The van der Waals surface area contributed by atoms with Crippen molar-refractivity contribution in [2.24, 2.45) is 10.4 Å².